The van der Waals surface area contributed by atoms with Crippen molar-refractivity contribution in [3.8, 4) is 5.75 Å². The SMILES string of the molecule is CC(C)(NC(=O)COc1ccc(Cl)c2cccnc12)C(N)=O. The van der Waals surface area contributed by atoms with Gasteiger partial charge in [-0.3, -0.25) is 14.6 Å². The Morgan fingerprint density at radius 3 is 2.77 bits per heavy atom. The van der Waals surface area contributed by atoms with Crippen LogP contribution >= 0.6 is 11.6 Å². The molecule has 1 aromatic carbocycles. The highest BCUT2D eigenvalue weighted by molar-refractivity contribution is 6.35. The van der Waals surface area contributed by atoms with Gasteiger partial charge in [0.25, 0.3) is 5.91 Å². The van der Waals surface area contributed by atoms with E-state index in [-0.39, 0.29) is 6.61 Å². The van der Waals surface area contributed by atoms with Crippen LogP contribution < -0.4 is 15.8 Å². The first kappa shape index (κ1) is 16.0. The number of halogens is 1. The van der Waals surface area contributed by atoms with Crippen molar-refractivity contribution < 1.29 is 14.3 Å². The van der Waals surface area contributed by atoms with Gasteiger partial charge in [-0.15, -0.1) is 0 Å². The molecule has 0 saturated heterocycles. The van der Waals surface area contributed by atoms with Crippen LogP contribution in [0.1, 0.15) is 13.8 Å². The van der Waals surface area contributed by atoms with Crippen LogP contribution in [0.15, 0.2) is 30.5 Å². The van der Waals surface area contributed by atoms with Gasteiger partial charge in [-0.25, -0.2) is 0 Å². The van der Waals surface area contributed by atoms with Crippen molar-refractivity contribution >= 4 is 34.3 Å². The second-order valence-electron chi connectivity index (χ2n) is 5.27. The summed E-state index contributed by atoms with van der Waals surface area (Å²) in [6, 6.07) is 6.89. The van der Waals surface area contributed by atoms with Gasteiger partial charge in [0.2, 0.25) is 5.91 Å². The summed E-state index contributed by atoms with van der Waals surface area (Å²) in [4.78, 5) is 27.2. The Balaban J connectivity index is 2.11. The number of fused-ring (bicyclic) bond motifs is 1. The number of ether oxygens (including phenoxy) is 1. The van der Waals surface area contributed by atoms with Gasteiger partial charge in [0.05, 0.1) is 5.02 Å². The summed E-state index contributed by atoms with van der Waals surface area (Å²) in [5.41, 5.74) is 4.63. The molecule has 0 spiro atoms. The van der Waals surface area contributed by atoms with Crippen LogP contribution in [0.25, 0.3) is 10.9 Å². The average Bonchev–Trinajstić information content (AvgIpc) is 2.46. The maximum Gasteiger partial charge on any atom is 0.258 e. The van der Waals surface area contributed by atoms with Crippen LogP contribution in [-0.2, 0) is 9.59 Å². The molecule has 6 nitrogen and oxygen atoms in total. The minimum Gasteiger partial charge on any atom is -0.481 e. The van der Waals surface area contributed by atoms with Gasteiger partial charge in [-0.05, 0) is 38.1 Å². The van der Waals surface area contributed by atoms with E-state index >= 15 is 0 Å². The van der Waals surface area contributed by atoms with E-state index in [1.807, 2.05) is 6.07 Å². The van der Waals surface area contributed by atoms with Gasteiger partial charge in [0, 0.05) is 11.6 Å². The number of aromatic nitrogens is 1. The van der Waals surface area contributed by atoms with E-state index in [1.54, 1.807) is 24.4 Å². The lowest BCUT2D eigenvalue weighted by Gasteiger charge is -2.22. The Morgan fingerprint density at radius 2 is 2.09 bits per heavy atom. The quantitative estimate of drug-likeness (QED) is 0.875. The van der Waals surface area contributed by atoms with Crippen LogP contribution in [0.2, 0.25) is 5.02 Å². The first-order valence-corrected chi connectivity index (χ1v) is 6.96. The van der Waals surface area contributed by atoms with E-state index < -0.39 is 17.4 Å². The highest BCUT2D eigenvalue weighted by atomic mass is 35.5. The number of benzene rings is 1. The van der Waals surface area contributed by atoms with Crippen LogP contribution in [0.5, 0.6) is 5.75 Å². The van der Waals surface area contributed by atoms with Gasteiger partial charge in [0.1, 0.15) is 16.8 Å². The lowest BCUT2D eigenvalue weighted by Crippen LogP contribution is -2.54. The zero-order valence-corrected chi connectivity index (χ0v) is 13.0. The zero-order valence-electron chi connectivity index (χ0n) is 12.2. The molecule has 0 aliphatic rings. The smallest absolute Gasteiger partial charge is 0.258 e. The Hall–Kier alpha value is -2.34. The van der Waals surface area contributed by atoms with Crippen molar-refractivity contribution in [1.82, 2.24) is 10.3 Å². The van der Waals surface area contributed by atoms with Crippen molar-refractivity contribution in [1.29, 1.82) is 0 Å². The number of carbonyl (C=O) groups is 2. The minimum absolute atomic E-state index is 0.260. The third-order valence-electron chi connectivity index (χ3n) is 3.11. The summed E-state index contributed by atoms with van der Waals surface area (Å²) in [5.74, 6) is -0.644. The molecule has 116 valence electrons. The Kier molecular flexibility index (Phi) is 4.51. The summed E-state index contributed by atoms with van der Waals surface area (Å²) < 4.78 is 5.48. The fraction of sp³-hybridized carbons (Fsp3) is 0.267. The molecule has 2 rings (SSSR count). The number of nitrogens with one attached hydrogen (secondary N) is 1. The summed E-state index contributed by atoms with van der Waals surface area (Å²) in [7, 11) is 0. The normalized spacial score (nSPS) is 11.2. The molecule has 0 aliphatic carbocycles. The number of amides is 2. The van der Waals surface area contributed by atoms with Crippen LogP contribution in [0.3, 0.4) is 0 Å². The van der Waals surface area contributed by atoms with Crippen LogP contribution in [-0.4, -0.2) is 28.9 Å². The summed E-state index contributed by atoms with van der Waals surface area (Å²) in [6.07, 6.45) is 1.61. The predicted octanol–water partition coefficient (Wildman–Crippen LogP) is 1.65. The maximum absolute atomic E-state index is 11.8. The van der Waals surface area contributed by atoms with E-state index in [9.17, 15) is 9.59 Å². The number of rotatable bonds is 5. The molecule has 7 heteroatoms. The highest BCUT2D eigenvalue weighted by Crippen LogP contribution is 2.29. The first-order chi connectivity index (χ1) is 10.3. The van der Waals surface area contributed by atoms with E-state index in [1.165, 1.54) is 13.8 Å². The fourth-order valence-electron chi connectivity index (χ4n) is 1.82. The van der Waals surface area contributed by atoms with Gasteiger partial charge < -0.3 is 15.8 Å². The van der Waals surface area contributed by atoms with Crippen LogP contribution in [0.4, 0.5) is 0 Å². The molecule has 3 N–H and O–H groups in total. The second-order valence-corrected chi connectivity index (χ2v) is 5.68. The lowest BCUT2D eigenvalue weighted by atomic mass is 10.1. The number of carbonyl (C=O) groups excluding carboxylic acids is 2. The summed E-state index contributed by atoms with van der Waals surface area (Å²) in [5, 5.41) is 3.79. The van der Waals surface area contributed by atoms with E-state index in [2.05, 4.69) is 10.3 Å². The largest absolute Gasteiger partial charge is 0.481 e. The molecule has 0 fully saturated rings. The number of nitrogens with two attached hydrogens (primary N) is 1. The van der Waals surface area contributed by atoms with Gasteiger partial charge in [-0.1, -0.05) is 11.6 Å². The molecule has 0 unspecified atom stereocenters. The predicted molar refractivity (Wildman–Crippen MR) is 83.7 cm³/mol. The molecule has 0 aliphatic heterocycles. The Morgan fingerprint density at radius 1 is 1.36 bits per heavy atom. The highest BCUT2D eigenvalue weighted by Gasteiger charge is 2.26. The number of pyridine rings is 1. The molecule has 0 radical (unpaired) electrons. The van der Waals surface area contributed by atoms with Gasteiger partial charge in [-0.2, -0.15) is 0 Å². The average molecular weight is 322 g/mol. The number of hydrogen-bond acceptors (Lipinski definition) is 4. The lowest BCUT2D eigenvalue weighted by molar-refractivity contribution is -0.131. The number of nitrogens with zero attached hydrogens (tertiary/aromatic N) is 1. The van der Waals surface area contributed by atoms with Crippen molar-refractivity contribution in [2.75, 3.05) is 6.61 Å². The van der Waals surface area contributed by atoms with Gasteiger partial charge >= 0.3 is 0 Å². The molecule has 22 heavy (non-hydrogen) atoms. The molecular formula is C15H16ClN3O3. The van der Waals surface area contributed by atoms with Crippen LogP contribution in [0, 0.1) is 0 Å². The summed E-state index contributed by atoms with van der Waals surface area (Å²) >= 11 is 6.09. The Bertz CT molecular complexity index is 731. The first-order valence-electron chi connectivity index (χ1n) is 6.58. The molecule has 0 saturated carbocycles. The monoisotopic (exact) mass is 321 g/mol. The Labute approximate surface area is 132 Å². The van der Waals surface area contributed by atoms with E-state index in [0.29, 0.717) is 16.3 Å². The van der Waals surface area contributed by atoms with E-state index in [4.69, 9.17) is 22.1 Å². The third-order valence-corrected chi connectivity index (χ3v) is 3.44. The van der Waals surface area contributed by atoms with Crippen molar-refractivity contribution in [2.45, 2.75) is 19.4 Å². The molecule has 0 bridgehead atoms. The molecule has 1 heterocycles. The second kappa shape index (κ2) is 6.19. The minimum atomic E-state index is -1.14. The molecule has 0 atom stereocenters. The van der Waals surface area contributed by atoms with Crippen molar-refractivity contribution in [2.24, 2.45) is 5.73 Å². The fourth-order valence-corrected chi connectivity index (χ4v) is 2.03. The topological polar surface area (TPSA) is 94.3 Å². The molecule has 1 aromatic heterocycles. The van der Waals surface area contributed by atoms with Gasteiger partial charge in [0.15, 0.2) is 6.61 Å². The number of hydrogen-bond donors (Lipinski definition) is 2. The zero-order chi connectivity index (χ0) is 16.3. The van der Waals surface area contributed by atoms with Crippen molar-refractivity contribution in [3.05, 3.63) is 35.5 Å². The molecule has 2 aromatic rings. The maximum atomic E-state index is 11.8. The molecule has 2 amide bonds. The third kappa shape index (κ3) is 3.46. The standard InChI is InChI=1S/C15H16ClN3O3/c1-15(2,14(17)21)19-12(20)8-22-11-6-5-10(16)9-4-3-7-18-13(9)11/h3-7H,8H2,1-2H3,(H2,17,21)(H,19,20). The molecular weight excluding hydrogens is 306 g/mol. The number of primary amides is 1. The van der Waals surface area contributed by atoms with E-state index in [0.717, 1.165) is 5.39 Å². The summed E-state index contributed by atoms with van der Waals surface area (Å²) in [6.45, 7) is 2.78. The van der Waals surface area contributed by atoms with Crippen molar-refractivity contribution in [3.63, 3.8) is 0 Å².